The van der Waals surface area contributed by atoms with Crippen LogP contribution < -0.4 is 4.57 Å². The smallest absolute Gasteiger partial charge is 0.199 e. The fraction of sp³-hybridized carbons (Fsp3) is 0.615. The largest absolute Gasteiger partial charge is 0.460 e. The lowest BCUT2D eigenvalue weighted by Gasteiger charge is -2.39. The van der Waals surface area contributed by atoms with Gasteiger partial charge in [-0.25, -0.2) is 0 Å². The van der Waals surface area contributed by atoms with E-state index in [-0.39, 0.29) is 4.57 Å². The molecule has 0 radical (unpaired) electrons. The van der Waals surface area contributed by atoms with Gasteiger partial charge in [-0.1, -0.05) is 6.07 Å². The van der Waals surface area contributed by atoms with Crippen LogP contribution in [-0.4, -0.2) is 35.8 Å². The summed E-state index contributed by atoms with van der Waals surface area (Å²) in [4.78, 5) is 0. The van der Waals surface area contributed by atoms with Gasteiger partial charge >= 0.3 is 42.1 Å². The van der Waals surface area contributed by atoms with Gasteiger partial charge in [-0.15, -0.1) is 0 Å². The molecule has 0 aromatic carbocycles. The van der Waals surface area contributed by atoms with E-state index in [1.165, 1.54) is 6.07 Å². The summed E-state index contributed by atoms with van der Waals surface area (Å²) in [6, 6.07) is 3.12. The Morgan fingerprint density at radius 2 is 0.964 bits per heavy atom. The zero-order valence-electron chi connectivity index (χ0n) is 12.9. The van der Waals surface area contributed by atoms with Gasteiger partial charge < -0.3 is 0 Å². The molecule has 162 valence electrons. The van der Waals surface area contributed by atoms with Crippen LogP contribution in [0.2, 0.25) is 0 Å². The Morgan fingerprint density at radius 1 is 0.571 bits per heavy atom. The quantitative estimate of drug-likeness (QED) is 0.383. The van der Waals surface area contributed by atoms with Gasteiger partial charge in [0.2, 0.25) is 0 Å². The molecule has 28 heavy (non-hydrogen) atoms. The molecular weight excluding hydrogens is 436 g/mol. The number of pyridine rings is 1. The molecule has 0 spiro atoms. The van der Waals surface area contributed by atoms with Crippen LogP contribution in [-0.2, 0) is 0 Å². The Kier molecular flexibility index (Phi) is 5.96. The third kappa shape index (κ3) is 3.58. The van der Waals surface area contributed by atoms with Crippen molar-refractivity contribution in [1.29, 1.82) is 0 Å². The van der Waals surface area contributed by atoms with Crippen LogP contribution in [0.3, 0.4) is 0 Å². The average Bonchev–Trinajstić information content (AvgIpc) is 2.53. The lowest BCUT2D eigenvalue weighted by atomic mass is 9.92. The minimum atomic E-state index is -7.99. The minimum Gasteiger partial charge on any atom is -0.199 e. The standard InChI is InChI=1S/C13H8F14N/c14-7(28-4-2-1-3-5-28)6-8(15,16)9(17,18)10(19,20)11(21,22)12(23,24)13(25,26)27/h1-5,7H,6H2/q+1. The van der Waals surface area contributed by atoms with Crippen molar-refractivity contribution < 1.29 is 66.0 Å². The van der Waals surface area contributed by atoms with Crippen molar-refractivity contribution in [3.05, 3.63) is 30.6 Å². The zero-order chi connectivity index (χ0) is 22.4. The van der Waals surface area contributed by atoms with E-state index < -0.39 is 48.5 Å². The topological polar surface area (TPSA) is 3.88 Å². The summed E-state index contributed by atoms with van der Waals surface area (Å²) in [5, 5.41) is 0. The summed E-state index contributed by atoms with van der Waals surface area (Å²) in [5.74, 6) is -37.6. The summed E-state index contributed by atoms with van der Waals surface area (Å²) in [6.45, 7) is 0. The first-order valence-electron chi connectivity index (χ1n) is 6.79. The monoisotopic (exact) mass is 444 g/mol. The molecular formula is C13H8F14N+. The molecule has 1 aromatic heterocycles. The van der Waals surface area contributed by atoms with Crippen LogP contribution in [0, 0.1) is 0 Å². The van der Waals surface area contributed by atoms with Gasteiger partial charge in [0.25, 0.3) is 0 Å². The lowest BCUT2D eigenvalue weighted by Crippen LogP contribution is -2.70. The third-order valence-corrected chi connectivity index (χ3v) is 3.49. The molecule has 1 nitrogen and oxygen atoms in total. The summed E-state index contributed by atoms with van der Waals surface area (Å²) in [6.07, 6.45) is -12.4. The van der Waals surface area contributed by atoms with E-state index in [1.54, 1.807) is 0 Å². The number of rotatable bonds is 7. The van der Waals surface area contributed by atoms with Crippen molar-refractivity contribution in [3.63, 3.8) is 0 Å². The van der Waals surface area contributed by atoms with E-state index in [4.69, 9.17) is 0 Å². The Labute approximate surface area is 146 Å². The summed E-state index contributed by atoms with van der Waals surface area (Å²) < 4.78 is 181. The highest BCUT2D eigenvalue weighted by molar-refractivity contribution is 5.10. The van der Waals surface area contributed by atoms with Crippen molar-refractivity contribution in [1.82, 2.24) is 0 Å². The van der Waals surface area contributed by atoms with Crippen LogP contribution in [0.1, 0.15) is 12.7 Å². The summed E-state index contributed by atoms with van der Waals surface area (Å²) >= 11 is 0. The summed E-state index contributed by atoms with van der Waals surface area (Å²) in [7, 11) is 0. The van der Waals surface area contributed by atoms with Crippen molar-refractivity contribution >= 4 is 0 Å². The highest BCUT2D eigenvalue weighted by Gasteiger charge is 2.90. The average molecular weight is 444 g/mol. The van der Waals surface area contributed by atoms with Crippen molar-refractivity contribution in [2.45, 2.75) is 48.5 Å². The molecule has 1 aromatic rings. The Bertz CT molecular complexity index is 666. The maximum Gasteiger partial charge on any atom is 0.460 e. The molecule has 0 bridgehead atoms. The fourth-order valence-corrected chi connectivity index (χ4v) is 1.85. The minimum absolute atomic E-state index is 0.116. The first kappa shape index (κ1) is 24.2. The van der Waals surface area contributed by atoms with E-state index in [2.05, 4.69) is 0 Å². The number of alkyl halides is 14. The van der Waals surface area contributed by atoms with Crippen LogP contribution in [0.5, 0.6) is 0 Å². The third-order valence-electron chi connectivity index (χ3n) is 3.49. The predicted molar refractivity (Wildman–Crippen MR) is 62.2 cm³/mol. The van der Waals surface area contributed by atoms with Crippen LogP contribution >= 0.6 is 0 Å². The maximum absolute atomic E-state index is 13.7. The number of nitrogens with zero attached hydrogens (tertiary/aromatic N) is 1. The molecule has 0 aliphatic rings. The molecule has 0 aliphatic heterocycles. The van der Waals surface area contributed by atoms with Gasteiger partial charge in [-0.05, 0) is 0 Å². The first-order valence-corrected chi connectivity index (χ1v) is 6.79. The molecule has 0 amide bonds. The van der Waals surface area contributed by atoms with Crippen molar-refractivity contribution in [3.8, 4) is 0 Å². The Hall–Kier alpha value is -1.83. The molecule has 15 heteroatoms. The van der Waals surface area contributed by atoms with Crippen LogP contribution in [0.4, 0.5) is 61.5 Å². The van der Waals surface area contributed by atoms with Crippen LogP contribution in [0.25, 0.3) is 0 Å². The fourth-order valence-electron chi connectivity index (χ4n) is 1.85. The molecule has 0 aliphatic carbocycles. The van der Waals surface area contributed by atoms with Gasteiger partial charge in [0.05, 0.1) is 0 Å². The molecule has 0 saturated carbocycles. The van der Waals surface area contributed by atoms with E-state index >= 15 is 0 Å². The van der Waals surface area contributed by atoms with Gasteiger partial charge in [0.15, 0.2) is 12.4 Å². The van der Waals surface area contributed by atoms with Gasteiger partial charge in [-0.2, -0.15) is 66.0 Å². The first-order chi connectivity index (χ1) is 12.2. The maximum atomic E-state index is 13.7. The molecule has 1 heterocycles. The van der Waals surface area contributed by atoms with E-state index in [0.717, 1.165) is 12.1 Å². The van der Waals surface area contributed by atoms with Crippen molar-refractivity contribution in [2.75, 3.05) is 0 Å². The number of halogens is 14. The molecule has 1 unspecified atom stereocenters. The van der Waals surface area contributed by atoms with E-state index in [1.807, 2.05) is 0 Å². The number of hydrogen-bond donors (Lipinski definition) is 0. The van der Waals surface area contributed by atoms with Gasteiger partial charge in [0.1, 0.15) is 6.42 Å². The molecule has 0 fully saturated rings. The second-order valence-electron chi connectivity index (χ2n) is 5.46. The van der Waals surface area contributed by atoms with E-state index in [0.29, 0.717) is 12.4 Å². The Balaban J connectivity index is 3.33. The van der Waals surface area contributed by atoms with Crippen LogP contribution in [0.15, 0.2) is 30.6 Å². The highest BCUT2D eigenvalue weighted by Crippen LogP contribution is 2.60. The second kappa shape index (κ2) is 6.90. The zero-order valence-corrected chi connectivity index (χ0v) is 12.9. The number of aromatic nitrogens is 1. The molecule has 0 N–H and O–H groups in total. The van der Waals surface area contributed by atoms with Gasteiger partial charge in [0, 0.05) is 12.1 Å². The molecule has 1 rings (SSSR count). The normalized spacial score (nSPS) is 16.2. The second-order valence-corrected chi connectivity index (χ2v) is 5.46. The van der Waals surface area contributed by atoms with Crippen molar-refractivity contribution in [2.24, 2.45) is 0 Å². The predicted octanol–water partition coefficient (Wildman–Crippen LogP) is 5.57. The molecule has 1 atom stereocenters. The number of hydrogen-bond acceptors (Lipinski definition) is 0. The van der Waals surface area contributed by atoms with E-state index in [9.17, 15) is 61.5 Å². The summed E-state index contributed by atoms with van der Waals surface area (Å²) in [5.41, 5.74) is 0. The van der Waals surface area contributed by atoms with Gasteiger partial charge in [-0.3, -0.25) is 0 Å². The SMILES string of the molecule is FC(CC(F)(F)C(F)(F)C(F)(F)C(F)(F)C(F)(F)C(F)(F)F)[n+]1ccccc1. The Morgan fingerprint density at radius 3 is 1.36 bits per heavy atom. The highest BCUT2D eigenvalue weighted by atomic mass is 19.4. The lowest BCUT2D eigenvalue weighted by molar-refractivity contribution is -0.751. The molecule has 0 saturated heterocycles.